The summed E-state index contributed by atoms with van der Waals surface area (Å²) >= 11 is 5.84. The van der Waals surface area contributed by atoms with Crippen LogP contribution in [0.5, 0.6) is 0 Å². The first kappa shape index (κ1) is 21.7. The highest BCUT2D eigenvalue weighted by Gasteiger charge is 2.18. The minimum atomic E-state index is -0.657. The molecule has 0 aliphatic heterocycles. The summed E-state index contributed by atoms with van der Waals surface area (Å²) in [5.74, 6) is -1.30. The van der Waals surface area contributed by atoms with Gasteiger partial charge in [0.2, 0.25) is 0 Å². The molecule has 7 heteroatoms. The molecule has 0 unspecified atom stereocenters. The number of amides is 2. The summed E-state index contributed by atoms with van der Waals surface area (Å²) in [4.78, 5) is 28.2. The van der Waals surface area contributed by atoms with Gasteiger partial charge in [0.15, 0.2) is 0 Å². The molecule has 0 aromatic heterocycles. The second-order valence-corrected chi connectivity index (χ2v) is 7.42. The van der Waals surface area contributed by atoms with Crippen LogP contribution >= 0.6 is 11.6 Å². The molecule has 2 aromatic carbocycles. The fourth-order valence-corrected chi connectivity index (χ4v) is 2.85. The Morgan fingerprint density at radius 3 is 2.00 bits per heavy atom. The number of carbonyl (C=O) groups is 2. The summed E-state index contributed by atoms with van der Waals surface area (Å²) in [6, 6.07) is 15.2. The summed E-state index contributed by atoms with van der Waals surface area (Å²) in [5, 5.41) is 5.96. The molecule has 1 atom stereocenters. The molecule has 0 aliphatic rings. The lowest BCUT2D eigenvalue weighted by Gasteiger charge is -2.25. The van der Waals surface area contributed by atoms with Crippen LogP contribution in [0.25, 0.3) is 0 Å². The van der Waals surface area contributed by atoms with E-state index in [1.54, 1.807) is 24.3 Å². The summed E-state index contributed by atoms with van der Waals surface area (Å²) in [6.45, 7) is 0.605. The second kappa shape index (κ2) is 10.1. The van der Waals surface area contributed by atoms with Crippen LogP contribution in [0.15, 0.2) is 48.5 Å². The highest BCUT2D eigenvalue weighted by atomic mass is 35.5. The van der Waals surface area contributed by atoms with Crippen molar-refractivity contribution in [1.82, 2.24) is 15.5 Å². The number of anilines is 1. The van der Waals surface area contributed by atoms with Gasteiger partial charge in [-0.05, 0) is 49.5 Å². The van der Waals surface area contributed by atoms with Gasteiger partial charge in [0.05, 0.1) is 6.04 Å². The largest absolute Gasteiger partial charge is 0.378 e. The van der Waals surface area contributed by atoms with Crippen LogP contribution in [0.3, 0.4) is 0 Å². The van der Waals surface area contributed by atoms with Crippen molar-refractivity contribution in [2.45, 2.75) is 12.6 Å². The average molecular weight is 403 g/mol. The molecule has 0 fully saturated rings. The van der Waals surface area contributed by atoms with Crippen LogP contribution in [-0.4, -0.2) is 51.4 Å². The monoisotopic (exact) mass is 402 g/mol. The van der Waals surface area contributed by atoms with Gasteiger partial charge in [-0.25, -0.2) is 0 Å². The average Bonchev–Trinajstić information content (AvgIpc) is 2.67. The van der Waals surface area contributed by atoms with Crippen molar-refractivity contribution in [2.75, 3.05) is 39.6 Å². The maximum Gasteiger partial charge on any atom is 0.309 e. The van der Waals surface area contributed by atoms with Crippen molar-refractivity contribution in [1.29, 1.82) is 0 Å². The number of hydrogen-bond donors (Lipinski definition) is 2. The molecule has 2 rings (SSSR count). The first-order chi connectivity index (χ1) is 13.3. The zero-order valence-electron chi connectivity index (χ0n) is 16.7. The van der Waals surface area contributed by atoms with E-state index < -0.39 is 11.8 Å². The molecule has 0 spiro atoms. The normalized spacial score (nSPS) is 11.8. The van der Waals surface area contributed by atoms with E-state index in [-0.39, 0.29) is 12.6 Å². The van der Waals surface area contributed by atoms with Gasteiger partial charge >= 0.3 is 11.8 Å². The number of hydrogen-bond acceptors (Lipinski definition) is 4. The fraction of sp³-hybridized carbons (Fsp3) is 0.333. The highest BCUT2D eigenvalue weighted by Crippen LogP contribution is 2.20. The van der Waals surface area contributed by atoms with Crippen molar-refractivity contribution in [2.24, 2.45) is 0 Å². The summed E-state index contributed by atoms with van der Waals surface area (Å²) in [5.41, 5.74) is 3.04. The Bertz CT molecular complexity index is 789. The summed E-state index contributed by atoms with van der Waals surface area (Å²) in [6.07, 6.45) is 0. The van der Waals surface area contributed by atoms with E-state index in [1.807, 2.05) is 62.3 Å². The van der Waals surface area contributed by atoms with Crippen molar-refractivity contribution in [3.63, 3.8) is 0 Å². The van der Waals surface area contributed by atoms with Crippen LogP contribution in [0.2, 0.25) is 5.02 Å². The van der Waals surface area contributed by atoms with Gasteiger partial charge in [0, 0.05) is 37.9 Å². The zero-order chi connectivity index (χ0) is 20.7. The van der Waals surface area contributed by atoms with Crippen LogP contribution in [-0.2, 0) is 16.1 Å². The van der Waals surface area contributed by atoms with Crippen LogP contribution < -0.4 is 15.5 Å². The highest BCUT2D eigenvalue weighted by molar-refractivity contribution is 6.35. The molecule has 0 radical (unpaired) electrons. The minimum Gasteiger partial charge on any atom is -0.378 e. The molecule has 2 N–H and O–H groups in total. The molecule has 0 heterocycles. The Kier molecular flexibility index (Phi) is 7.84. The van der Waals surface area contributed by atoms with Gasteiger partial charge in [-0.3, -0.25) is 9.59 Å². The van der Waals surface area contributed by atoms with E-state index in [2.05, 4.69) is 10.6 Å². The van der Waals surface area contributed by atoms with Gasteiger partial charge in [0.25, 0.3) is 0 Å². The zero-order valence-corrected chi connectivity index (χ0v) is 17.5. The quantitative estimate of drug-likeness (QED) is 0.698. The van der Waals surface area contributed by atoms with Crippen molar-refractivity contribution in [3.05, 3.63) is 64.7 Å². The molecule has 0 saturated heterocycles. The number of benzene rings is 2. The Morgan fingerprint density at radius 1 is 0.893 bits per heavy atom. The van der Waals surface area contributed by atoms with Crippen molar-refractivity contribution >= 4 is 29.1 Å². The summed E-state index contributed by atoms with van der Waals surface area (Å²) in [7, 11) is 7.86. The maximum atomic E-state index is 12.2. The first-order valence-corrected chi connectivity index (χ1v) is 9.40. The van der Waals surface area contributed by atoms with E-state index in [1.165, 1.54) is 0 Å². The Balaban J connectivity index is 1.90. The molecule has 0 aliphatic carbocycles. The van der Waals surface area contributed by atoms with Gasteiger partial charge < -0.3 is 20.4 Å². The SMILES string of the molecule is CN(C)c1ccc([C@@H](CNC(=O)C(=O)NCc2ccc(Cl)cc2)N(C)C)cc1. The molecule has 6 nitrogen and oxygen atoms in total. The number of nitrogens with one attached hydrogen (secondary N) is 2. The van der Waals surface area contributed by atoms with E-state index in [0.717, 1.165) is 16.8 Å². The lowest BCUT2D eigenvalue weighted by molar-refractivity contribution is -0.139. The molecule has 28 heavy (non-hydrogen) atoms. The standard InChI is InChI=1S/C21H27ClN4O2/c1-25(2)18-11-7-16(8-12-18)19(26(3)4)14-24-21(28)20(27)23-13-15-5-9-17(22)10-6-15/h5-12,19H,13-14H2,1-4H3,(H,23,27)(H,24,28)/t19-/m1/s1. The van der Waals surface area contributed by atoms with Crippen molar-refractivity contribution in [3.8, 4) is 0 Å². The molecule has 0 saturated carbocycles. The fourth-order valence-electron chi connectivity index (χ4n) is 2.73. The molecule has 2 aromatic rings. The Hall–Kier alpha value is -2.57. The third-order valence-corrected chi connectivity index (χ3v) is 4.70. The third-order valence-electron chi connectivity index (χ3n) is 4.45. The lowest BCUT2D eigenvalue weighted by atomic mass is 10.1. The molecule has 150 valence electrons. The van der Waals surface area contributed by atoms with Gasteiger partial charge in [-0.2, -0.15) is 0 Å². The minimum absolute atomic E-state index is 0.0378. The predicted molar refractivity (Wildman–Crippen MR) is 114 cm³/mol. The molecular weight excluding hydrogens is 376 g/mol. The topological polar surface area (TPSA) is 64.7 Å². The number of nitrogens with zero attached hydrogens (tertiary/aromatic N) is 2. The first-order valence-electron chi connectivity index (χ1n) is 9.02. The second-order valence-electron chi connectivity index (χ2n) is 6.98. The van der Waals surface area contributed by atoms with Gasteiger partial charge in [-0.15, -0.1) is 0 Å². The third kappa shape index (κ3) is 6.25. The van der Waals surface area contributed by atoms with Gasteiger partial charge in [0.1, 0.15) is 0 Å². The molecule has 0 bridgehead atoms. The summed E-state index contributed by atoms with van der Waals surface area (Å²) < 4.78 is 0. The van der Waals surface area contributed by atoms with E-state index in [0.29, 0.717) is 11.6 Å². The molecular formula is C21H27ClN4O2. The predicted octanol–water partition coefficient (Wildman–Crippen LogP) is 2.44. The van der Waals surface area contributed by atoms with E-state index in [4.69, 9.17) is 11.6 Å². The van der Waals surface area contributed by atoms with Crippen LogP contribution in [0, 0.1) is 0 Å². The molecule has 2 amide bonds. The van der Waals surface area contributed by atoms with Crippen molar-refractivity contribution < 1.29 is 9.59 Å². The van der Waals surface area contributed by atoms with E-state index >= 15 is 0 Å². The lowest BCUT2D eigenvalue weighted by Crippen LogP contribution is -2.42. The number of halogens is 1. The van der Waals surface area contributed by atoms with Crippen LogP contribution in [0.4, 0.5) is 5.69 Å². The van der Waals surface area contributed by atoms with E-state index in [9.17, 15) is 9.59 Å². The number of carbonyl (C=O) groups excluding carboxylic acids is 2. The van der Waals surface area contributed by atoms with Crippen LogP contribution in [0.1, 0.15) is 17.2 Å². The smallest absolute Gasteiger partial charge is 0.309 e. The Labute approximate surface area is 171 Å². The number of rotatable bonds is 7. The number of likely N-dealkylation sites (N-methyl/N-ethyl adjacent to an activating group) is 1. The maximum absolute atomic E-state index is 12.2. The van der Waals surface area contributed by atoms with Gasteiger partial charge in [-0.1, -0.05) is 35.9 Å². The Morgan fingerprint density at radius 2 is 1.46 bits per heavy atom.